The first kappa shape index (κ1) is 21.6. The molecule has 0 radical (unpaired) electrons. The van der Waals surface area contributed by atoms with Crippen LogP contribution in [-0.2, 0) is 17.9 Å². The Hall–Kier alpha value is -3.25. The number of nitrogens with one attached hydrogen (secondary N) is 1. The summed E-state index contributed by atoms with van der Waals surface area (Å²) >= 11 is 0. The van der Waals surface area contributed by atoms with E-state index < -0.39 is 5.97 Å². The lowest BCUT2D eigenvalue weighted by molar-refractivity contribution is -0.137. The highest BCUT2D eigenvalue weighted by atomic mass is 19.1. The number of carbonyl (C=O) groups is 1. The first-order valence-electron chi connectivity index (χ1n) is 11.6. The van der Waals surface area contributed by atoms with Crippen molar-refractivity contribution < 1.29 is 14.3 Å². The molecule has 170 valence electrons. The highest BCUT2D eigenvalue weighted by molar-refractivity contribution is 5.87. The molecule has 2 N–H and O–H groups in total. The summed E-state index contributed by atoms with van der Waals surface area (Å²) in [6.07, 6.45) is 4.04. The molecule has 2 heterocycles. The van der Waals surface area contributed by atoms with E-state index in [0.717, 1.165) is 71.0 Å². The molecule has 0 atom stereocenters. The monoisotopic (exact) mass is 445 g/mol. The van der Waals surface area contributed by atoms with Crippen LogP contribution in [-0.4, -0.2) is 26.7 Å². The molecule has 2 aromatic carbocycles. The molecular weight excluding hydrogens is 417 g/mol. The van der Waals surface area contributed by atoms with Gasteiger partial charge in [0.2, 0.25) is 0 Å². The van der Waals surface area contributed by atoms with Crippen molar-refractivity contribution in [3.63, 3.8) is 0 Å². The lowest BCUT2D eigenvalue weighted by Crippen LogP contribution is -2.32. The smallest absolute Gasteiger partial charge is 0.323 e. The zero-order valence-corrected chi connectivity index (χ0v) is 18.7. The van der Waals surface area contributed by atoms with Gasteiger partial charge in [0.05, 0.1) is 11.2 Å². The number of carboxylic acids is 1. The largest absolute Gasteiger partial charge is 0.480 e. The molecule has 5 nitrogen and oxygen atoms in total. The number of hydrogen-bond donors (Lipinski definition) is 2. The molecule has 1 aliphatic rings. The number of para-hydroxylation sites is 1. The first-order valence-corrected chi connectivity index (χ1v) is 11.6. The van der Waals surface area contributed by atoms with Gasteiger partial charge >= 0.3 is 5.97 Å². The molecule has 5 rings (SSSR count). The Kier molecular flexibility index (Phi) is 5.85. The predicted molar refractivity (Wildman–Crippen MR) is 128 cm³/mol. The van der Waals surface area contributed by atoms with Crippen molar-refractivity contribution in [2.24, 2.45) is 0 Å². The van der Waals surface area contributed by atoms with Gasteiger partial charge in [0.15, 0.2) is 0 Å². The van der Waals surface area contributed by atoms with Crippen LogP contribution in [0.3, 0.4) is 0 Å². The van der Waals surface area contributed by atoms with E-state index >= 15 is 0 Å². The van der Waals surface area contributed by atoms with Crippen molar-refractivity contribution in [1.82, 2.24) is 14.9 Å². The van der Waals surface area contributed by atoms with E-state index in [-0.39, 0.29) is 12.4 Å². The molecule has 2 aromatic heterocycles. The van der Waals surface area contributed by atoms with E-state index in [1.807, 2.05) is 29.7 Å². The molecule has 0 aliphatic heterocycles. The van der Waals surface area contributed by atoms with Crippen molar-refractivity contribution in [2.75, 3.05) is 0 Å². The Morgan fingerprint density at radius 2 is 1.91 bits per heavy atom. The van der Waals surface area contributed by atoms with Crippen molar-refractivity contribution in [3.05, 3.63) is 77.4 Å². The summed E-state index contributed by atoms with van der Waals surface area (Å²) in [5.41, 5.74) is 4.91. The second-order valence-corrected chi connectivity index (χ2v) is 9.07. The molecule has 0 amide bonds. The Bertz CT molecular complexity index is 1320. The van der Waals surface area contributed by atoms with E-state index in [0.29, 0.717) is 12.0 Å². The average Bonchev–Trinajstić information content (AvgIpc) is 3.08. The van der Waals surface area contributed by atoms with Gasteiger partial charge in [-0.25, -0.2) is 4.39 Å². The zero-order chi connectivity index (χ0) is 22.9. The van der Waals surface area contributed by atoms with Crippen molar-refractivity contribution in [3.8, 4) is 0 Å². The molecule has 0 saturated heterocycles. The summed E-state index contributed by atoms with van der Waals surface area (Å²) in [5.74, 6) is -0.864. The van der Waals surface area contributed by atoms with E-state index in [2.05, 4.69) is 23.5 Å². The fraction of sp³-hybridized carbons (Fsp3) is 0.333. The van der Waals surface area contributed by atoms with E-state index in [4.69, 9.17) is 4.98 Å². The number of aromatic nitrogens is 2. The second-order valence-electron chi connectivity index (χ2n) is 9.07. The van der Waals surface area contributed by atoms with Crippen LogP contribution in [0.15, 0.2) is 54.6 Å². The lowest BCUT2D eigenvalue weighted by Gasteiger charge is -2.30. The predicted octanol–water partition coefficient (Wildman–Crippen LogP) is 5.54. The van der Waals surface area contributed by atoms with Gasteiger partial charge in [0.25, 0.3) is 0 Å². The summed E-state index contributed by atoms with van der Waals surface area (Å²) in [7, 11) is 0. The van der Waals surface area contributed by atoms with Crippen molar-refractivity contribution in [1.29, 1.82) is 0 Å². The van der Waals surface area contributed by atoms with Crippen LogP contribution < -0.4 is 5.32 Å². The quantitative estimate of drug-likeness (QED) is 0.409. The van der Waals surface area contributed by atoms with Gasteiger partial charge in [0.1, 0.15) is 12.4 Å². The number of aliphatic carboxylic acids is 1. The normalized spacial score (nSPS) is 18.7. The fourth-order valence-corrected chi connectivity index (χ4v) is 5.38. The van der Waals surface area contributed by atoms with Gasteiger partial charge in [0, 0.05) is 34.6 Å². The Morgan fingerprint density at radius 1 is 1.12 bits per heavy atom. The first-order chi connectivity index (χ1) is 16.0. The van der Waals surface area contributed by atoms with E-state index in [1.165, 1.54) is 6.07 Å². The number of pyridine rings is 1. The van der Waals surface area contributed by atoms with Crippen LogP contribution in [0.5, 0.6) is 0 Å². The number of halogens is 1. The average molecular weight is 446 g/mol. The molecular formula is C27H28FN3O2. The van der Waals surface area contributed by atoms with Gasteiger partial charge in [-0.3, -0.25) is 9.78 Å². The fourth-order valence-electron chi connectivity index (χ4n) is 5.38. The number of rotatable bonds is 6. The van der Waals surface area contributed by atoms with E-state index in [9.17, 15) is 14.3 Å². The maximum Gasteiger partial charge on any atom is 0.323 e. The SMILES string of the molecule is Cc1c(C2CCC(NCc3ccc4ccccc4n3)CC2)c2cc(F)ccc2n1CC(=O)O. The van der Waals surface area contributed by atoms with E-state index in [1.54, 1.807) is 12.1 Å². The minimum Gasteiger partial charge on any atom is -0.480 e. The van der Waals surface area contributed by atoms with Gasteiger partial charge in [-0.05, 0) is 74.4 Å². The molecule has 0 spiro atoms. The highest BCUT2D eigenvalue weighted by Gasteiger charge is 2.27. The third-order valence-electron chi connectivity index (χ3n) is 6.99. The number of hydrogen-bond acceptors (Lipinski definition) is 3. The Balaban J connectivity index is 1.29. The van der Waals surface area contributed by atoms with Crippen LogP contribution in [0, 0.1) is 12.7 Å². The number of carboxylic acid groups (broad SMARTS) is 1. The standard InChI is InChI=1S/C27H28FN3O2/c1-17-27(23-14-20(28)9-13-25(23)31(17)16-26(32)33)19-7-10-21(11-8-19)29-15-22-12-6-18-4-2-3-5-24(18)30-22/h2-6,9,12-14,19,21,29H,7-8,10-11,15-16H2,1H3,(H,32,33). The topological polar surface area (TPSA) is 67.2 Å². The van der Waals surface area contributed by atoms with Gasteiger partial charge in [-0.1, -0.05) is 24.3 Å². The van der Waals surface area contributed by atoms with Gasteiger partial charge < -0.3 is 15.0 Å². The lowest BCUT2D eigenvalue weighted by atomic mass is 9.80. The third-order valence-corrected chi connectivity index (χ3v) is 6.99. The van der Waals surface area contributed by atoms with Crippen molar-refractivity contribution >= 4 is 27.8 Å². The number of fused-ring (bicyclic) bond motifs is 2. The minimum absolute atomic E-state index is 0.108. The molecule has 1 saturated carbocycles. The van der Waals surface area contributed by atoms with Gasteiger partial charge in [-0.15, -0.1) is 0 Å². The van der Waals surface area contributed by atoms with Crippen LogP contribution in [0.2, 0.25) is 0 Å². The summed E-state index contributed by atoms with van der Waals surface area (Å²) in [5, 5.41) is 15.0. The summed E-state index contributed by atoms with van der Waals surface area (Å²) < 4.78 is 15.9. The molecule has 4 aromatic rings. The molecule has 1 aliphatic carbocycles. The molecule has 0 bridgehead atoms. The second kappa shape index (κ2) is 8.94. The van der Waals surface area contributed by atoms with Crippen LogP contribution in [0.25, 0.3) is 21.8 Å². The maximum atomic E-state index is 14.1. The van der Waals surface area contributed by atoms with Crippen LogP contribution in [0.1, 0.15) is 48.6 Å². The van der Waals surface area contributed by atoms with Crippen LogP contribution >= 0.6 is 0 Å². The molecule has 33 heavy (non-hydrogen) atoms. The Labute approximate surface area is 192 Å². The number of nitrogens with zero attached hydrogens (tertiary/aromatic N) is 2. The summed E-state index contributed by atoms with van der Waals surface area (Å²) in [6, 6.07) is 17.4. The highest BCUT2D eigenvalue weighted by Crippen LogP contribution is 2.40. The molecule has 0 unspecified atom stereocenters. The summed E-state index contributed by atoms with van der Waals surface area (Å²) in [4.78, 5) is 16.2. The summed E-state index contributed by atoms with van der Waals surface area (Å²) in [6.45, 7) is 2.60. The van der Waals surface area contributed by atoms with Crippen LogP contribution in [0.4, 0.5) is 4.39 Å². The Morgan fingerprint density at radius 3 is 2.70 bits per heavy atom. The number of benzene rings is 2. The minimum atomic E-state index is -0.888. The van der Waals surface area contributed by atoms with Gasteiger partial charge in [-0.2, -0.15) is 0 Å². The molecule has 1 fully saturated rings. The third kappa shape index (κ3) is 4.35. The maximum absolute atomic E-state index is 14.1. The molecule has 6 heteroatoms. The zero-order valence-electron chi connectivity index (χ0n) is 18.7. The van der Waals surface area contributed by atoms with Crippen molar-refractivity contribution in [2.45, 2.75) is 57.7 Å².